The molecule has 0 fully saturated rings. The zero-order chi connectivity index (χ0) is 24.0. The Kier molecular flexibility index (Phi) is 8.27. The van der Waals surface area contributed by atoms with Gasteiger partial charge in [0, 0.05) is 17.8 Å². The third-order valence-electron chi connectivity index (χ3n) is 5.52. The fraction of sp³-hybridized carbons (Fsp3) is 0.360. The second kappa shape index (κ2) is 11.1. The largest absolute Gasteiger partial charge is 0.342 e. The number of aryl methyl sites for hydroxylation is 3. The van der Waals surface area contributed by atoms with Crippen LogP contribution in [0.25, 0.3) is 0 Å². The predicted octanol–water partition coefficient (Wildman–Crippen LogP) is 4.70. The van der Waals surface area contributed by atoms with E-state index in [0.717, 1.165) is 28.8 Å². The molecule has 0 aliphatic rings. The number of aromatic nitrogens is 3. The first kappa shape index (κ1) is 24.5. The summed E-state index contributed by atoms with van der Waals surface area (Å²) in [5, 5.41) is 15.3. The Morgan fingerprint density at radius 2 is 1.76 bits per heavy atom. The van der Waals surface area contributed by atoms with Crippen LogP contribution in [0.2, 0.25) is 0 Å². The van der Waals surface area contributed by atoms with E-state index >= 15 is 0 Å². The fourth-order valence-corrected chi connectivity index (χ4v) is 4.51. The van der Waals surface area contributed by atoms with Gasteiger partial charge in [-0.2, -0.15) is 0 Å². The van der Waals surface area contributed by atoms with E-state index < -0.39 is 0 Å². The van der Waals surface area contributed by atoms with Crippen LogP contribution in [-0.2, 0) is 17.8 Å². The van der Waals surface area contributed by atoms with Crippen molar-refractivity contribution in [2.45, 2.75) is 58.8 Å². The minimum atomic E-state index is -0.327. The number of para-hydroxylation sites is 1. The molecule has 2 amide bonds. The number of amides is 2. The van der Waals surface area contributed by atoms with Crippen molar-refractivity contribution in [1.82, 2.24) is 20.1 Å². The molecular formula is C25H31N5O2S. The van der Waals surface area contributed by atoms with Crippen molar-refractivity contribution >= 4 is 29.3 Å². The van der Waals surface area contributed by atoms with Gasteiger partial charge in [-0.25, -0.2) is 0 Å². The van der Waals surface area contributed by atoms with Gasteiger partial charge in [-0.05, 0) is 56.9 Å². The first-order valence-electron chi connectivity index (χ1n) is 11.2. The van der Waals surface area contributed by atoms with Crippen molar-refractivity contribution in [1.29, 1.82) is 0 Å². The van der Waals surface area contributed by atoms with E-state index in [-0.39, 0.29) is 23.6 Å². The van der Waals surface area contributed by atoms with Crippen LogP contribution in [0, 0.1) is 13.8 Å². The lowest BCUT2D eigenvalue weighted by molar-refractivity contribution is -0.113. The van der Waals surface area contributed by atoms with Crippen molar-refractivity contribution in [3.8, 4) is 0 Å². The second-order valence-corrected chi connectivity index (χ2v) is 8.84. The number of anilines is 1. The van der Waals surface area contributed by atoms with E-state index in [4.69, 9.17) is 0 Å². The molecule has 3 aromatic rings. The molecule has 1 atom stereocenters. The normalized spacial score (nSPS) is 11.8. The van der Waals surface area contributed by atoms with Crippen LogP contribution in [0.3, 0.4) is 0 Å². The molecule has 0 spiro atoms. The number of nitrogens with one attached hydrogen (secondary N) is 2. The summed E-state index contributed by atoms with van der Waals surface area (Å²) in [5.41, 5.74) is 4.61. The SMILES string of the molecule is CCc1cccc(C)c1NC(=O)CSc1nnc([C@@H](C)NC(=O)c2ccccc2C)n1CC. The van der Waals surface area contributed by atoms with Gasteiger partial charge in [-0.1, -0.05) is 55.1 Å². The maximum atomic E-state index is 12.7. The Morgan fingerprint density at radius 1 is 1.03 bits per heavy atom. The van der Waals surface area contributed by atoms with Gasteiger partial charge in [0.25, 0.3) is 5.91 Å². The molecule has 8 heteroatoms. The lowest BCUT2D eigenvalue weighted by Gasteiger charge is -2.16. The Labute approximate surface area is 199 Å². The first-order valence-corrected chi connectivity index (χ1v) is 12.1. The van der Waals surface area contributed by atoms with E-state index in [1.165, 1.54) is 11.8 Å². The molecule has 0 saturated carbocycles. The molecule has 7 nitrogen and oxygen atoms in total. The van der Waals surface area contributed by atoms with Crippen LogP contribution in [0.15, 0.2) is 47.6 Å². The van der Waals surface area contributed by atoms with Gasteiger partial charge in [0.15, 0.2) is 11.0 Å². The number of rotatable bonds is 9. The van der Waals surface area contributed by atoms with Crippen molar-refractivity contribution in [3.63, 3.8) is 0 Å². The second-order valence-electron chi connectivity index (χ2n) is 7.89. The highest BCUT2D eigenvalue weighted by Crippen LogP contribution is 2.24. The zero-order valence-electron chi connectivity index (χ0n) is 19.8. The monoisotopic (exact) mass is 465 g/mol. The highest BCUT2D eigenvalue weighted by atomic mass is 32.2. The molecule has 3 rings (SSSR count). The van der Waals surface area contributed by atoms with E-state index in [0.29, 0.717) is 23.1 Å². The zero-order valence-corrected chi connectivity index (χ0v) is 20.6. The number of nitrogens with zero attached hydrogens (tertiary/aromatic N) is 3. The molecule has 0 unspecified atom stereocenters. The van der Waals surface area contributed by atoms with Gasteiger partial charge < -0.3 is 15.2 Å². The quantitative estimate of drug-likeness (QED) is 0.447. The lowest BCUT2D eigenvalue weighted by atomic mass is 10.1. The maximum absolute atomic E-state index is 12.7. The van der Waals surface area contributed by atoms with Crippen LogP contribution in [0.5, 0.6) is 0 Å². The first-order chi connectivity index (χ1) is 15.8. The lowest BCUT2D eigenvalue weighted by Crippen LogP contribution is -2.29. The van der Waals surface area contributed by atoms with E-state index in [2.05, 4.69) is 27.8 Å². The van der Waals surface area contributed by atoms with E-state index in [9.17, 15) is 9.59 Å². The number of hydrogen-bond donors (Lipinski definition) is 2. The average Bonchev–Trinajstić information content (AvgIpc) is 3.22. The Bertz CT molecular complexity index is 1140. The summed E-state index contributed by atoms with van der Waals surface area (Å²) in [5.74, 6) is 0.649. The number of thioether (sulfide) groups is 1. The summed E-state index contributed by atoms with van der Waals surface area (Å²) in [6.07, 6.45) is 0.851. The predicted molar refractivity (Wildman–Crippen MR) is 133 cm³/mol. The molecule has 0 aliphatic carbocycles. The topological polar surface area (TPSA) is 88.9 Å². The third kappa shape index (κ3) is 5.82. The number of hydrogen-bond acceptors (Lipinski definition) is 5. The Hall–Kier alpha value is -3.13. The van der Waals surface area contributed by atoms with E-state index in [1.54, 1.807) is 6.07 Å². The van der Waals surface area contributed by atoms with Crippen LogP contribution < -0.4 is 10.6 Å². The Balaban J connectivity index is 1.66. The molecule has 0 radical (unpaired) electrons. The molecule has 0 aliphatic heterocycles. The van der Waals surface area contributed by atoms with Crippen LogP contribution in [0.1, 0.15) is 59.7 Å². The third-order valence-corrected chi connectivity index (χ3v) is 6.49. The Morgan fingerprint density at radius 3 is 2.45 bits per heavy atom. The van der Waals surface area contributed by atoms with Gasteiger partial charge in [0.1, 0.15) is 0 Å². The highest BCUT2D eigenvalue weighted by Gasteiger charge is 2.21. The summed E-state index contributed by atoms with van der Waals surface area (Å²) in [6, 6.07) is 13.2. The molecule has 33 heavy (non-hydrogen) atoms. The number of carbonyl (C=O) groups excluding carboxylic acids is 2. The van der Waals surface area contributed by atoms with Gasteiger partial charge in [-0.3, -0.25) is 9.59 Å². The van der Waals surface area contributed by atoms with Gasteiger partial charge in [0.05, 0.1) is 11.8 Å². The number of benzene rings is 2. The van der Waals surface area contributed by atoms with Crippen molar-refractivity contribution in [2.75, 3.05) is 11.1 Å². The molecule has 0 bridgehead atoms. The van der Waals surface area contributed by atoms with Crippen molar-refractivity contribution < 1.29 is 9.59 Å². The molecule has 2 aromatic carbocycles. The molecule has 0 saturated heterocycles. The summed E-state index contributed by atoms with van der Waals surface area (Å²) >= 11 is 1.34. The summed E-state index contributed by atoms with van der Waals surface area (Å²) in [4.78, 5) is 25.3. The average molecular weight is 466 g/mol. The molecule has 174 valence electrons. The highest BCUT2D eigenvalue weighted by molar-refractivity contribution is 7.99. The van der Waals surface area contributed by atoms with Gasteiger partial charge in [-0.15, -0.1) is 10.2 Å². The minimum Gasteiger partial charge on any atom is -0.342 e. The van der Waals surface area contributed by atoms with Crippen LogP contribution in [-0.4, -0.2) is 32.3 Å². The molecule has 1 heterocycles. The van der Waals surface area contributed by atoms with Crippen molar-refractivity contribution in [2.24, 2.45) is 0 Å². The number of carbonyl (C=O) groups is 2. The molecule has 2 N–H and O–H groups in total. The fourth-order valence-electron chi connectivity index (χ4n) is 3.70. The maximum Gasteiger partial charge on any atom is 0.252 e. The van der Waals surface area contributed by atoms with Gasteiger partial charge >= 0.3 is 0 Å². The summed E-state index contributed by atoms with van der Waals surface area (Å²) in [6.45, 7) is 10.5. The smallest absolute Gasteiger partial charge is 0.252 e. The van der Waals surface area contributed by atoms with Crippen LogP contribution >= 0.6 is 11.8 Å². The standard InChI is InChI=1S/C25H31N5O2S/c1-6-19-13-10-12-17(4)22(19)27-21(31)15-33-25-29-28-23(30(25)7-2)18(5)26-24(32)20-14-9-8-11-16(20)3/h8-14,18H,6-7,15H2,1-5H3,(H,26,32)(H,27,31)/t18-/m1/s1. The molecular weight excluding hydrogens is 434 g/mol. The van der Waals surface area contributed by atoms with Gasteiger partial charge in [0.2, 0.25) is 5.91 Å². The summed E-state index contributed by atoms with van der Waals surface area (Å²) in [7, 11) is 0. The van der Waals surface area contributed by atoms with E-state index in [1.807, 2.05) is 68.7 Å². The summed E-state index contributed by atoms with van der Waals surface area (Å²) < 4.78 is 1.94. The molecule has 1 aromatic heterocycles. The van der Waals surface area contributed by atoms with Crippen molar-refractivity contribution in [3.05, 3.63) is 70.5 Å². The minimum absolute atomic E-state index is 0.0860. The van der Waals surface area contributed by atoms with Crippen LogP contribution in [0.4, 0.5) is 5.69 Å².